The first-order chi connectivity index (χ1) is 11.1. The zero-order chi connectivity index (χ0) is 16.4. The number of pyridine rings is 2. The van der Waals surface area contributed by atoms with E-state index >= 15 is 0 Å². The minimum Gasteiger partial charge on any atom is -0.496 e. The molecular weight excluding hydrogens is 308 g/mol. The van der Waals surface area contributed by atoms with Crippen molar-refractivity contribution >= 4 is 21.7 Å². The Morgan fingerprint density at radius 2 is 1.91 bits per heavy atom. The second kappa shape index (κ2) is 6.46. The third-order valence-electron chi connectivity index (χ3n) is 3.82. The molecule has 118 valence electrons. The smallest absolute Gasteiger partial charge is 0.128 e. The summed E-state index contributed by atoms with van der Waals surface area (Å²) >= 11 is 0. The van der Waals surface area contributed by atoms with Crippen LogP contribution in [0.25, 0.3) is 10.9 Å². The van der Waals surface area contributed by atoms with Crippen molar-refractivity contribution in [2.24, 2.45) is 0 Å². The molecule has 0 bridgehead atoms. The predicted octanol–water partition coefficient (Wildman–Crippen LogP) is 3.56. The van der Waals surface area contributed by atoms with Gasteiger partial charge in [0.1, 0.15) is 10.8 Å². The number of fused-ring (bicyclic) bond motifs is 1. The Labute approximate surface area is 138 Å². The number of aryl methyl sites for hydroxylation is 1. The second-order valence-corrected chi connectivity index (χ2v) is 6.78. The molecule has 0 spiro atoms. The Kier molecular flexibility index (Phi) is 4.39. The fourth-order valence-corrected chi connectivity index (χ4v) is 3.70. The topological polar surface area (TPSA) is 52.1 Å². The number of rotatable bonds is 4. The van der Waals surface area contributed by atoms with E-state index in [9.17, 15) is 4.21 Å². The first-order valence-electron chi connectivity index (χ1n) is 7.33. The van der Waals surface area contributed by atoms with E-state index in [-0.39, 0.29) is 0 Å². The molecule has 3 aromatic rings. The fourth-order valence-electron chi connectivity index (χ4n) is 2.59. The van der Waals surface area contributed by atoms with Gasteiger partial charge in [0, 0.05) is 22.7 Å². The molecule has 1 atom stereocenters. The molecule has 0 aliphatic heterocycles. The lowest BCUT2D eigenvalue weighted by molar-refractivity contribution is 0.407. The van der Waals surface area contributed by atoms with E-state index in [1.165, 1.54) is 0 Å². The van der Waals surface area contributed by atoms with Gasteiger partial charge >= 0.3 is 0 Å². The molecule has 0 amide bonds. The van der Waals surface area contributed by atoms with Crippen molar-refractivity contribution in [1.29, 1.82) is 0 Å². The Balaban J connectivity index is 1.91. The van der Waals surface area contributed by atoms with Crippen molar-refractivity contribution in [3.8, 4) is 5.75 Å². The first-order valence-corrected chi connectivity index (χ1v) is 8.65. The fraction of sp³-hybridized carbons (Fsp3) is 0.222. The van der Waals surface area contributed by atoms with Crippen LogP contribution in [0.5, 0.6) is 5.75 Å². The van der Waals surface area contributed by atoms with Crippen LogP contribution in [0.3, 0.4) is 0 Å². The Bertz CT molecular complexity index is 893. The number of hydrogen-bond acceptors (Lipinski definition) is 4. The summed E-state index contributed by atoms with van der Waals surface area (Å²) in [5.41, 5.74) is 3.54. The molecule has 0 saturated carbocycles. The Morgan fingerprint density at radius 3 is 2.70 bits per heavy atom. The molecule has 23 heavy (non-hydrogen) atoms. The van der Waals surface area contributed by atoms with E-state index in [0.717, 1.165) is 33.5 Å². The summed E-state index contributed by atoms with van der Waals surface area (Å²) in [6, 6.07) is 11.6. The lowest BCUT2D eigenvalue weighted by Gasteiger charge is -2.12. The second-order valence-electron chi connectivity index (χ2n) is 5.38. The van der Waals surface area contributed by atoms with Crippen LogP contribution < -0.4 is 4.74 Å². The van der Waals surface area contributed by atoms with Gasteiger partial charge in [-0.15, -0.1) is 0 Å². The molecule has 0 saturated heterocycles. The van der Waals surface area contributed by atoms with Crippen molar-refractivity contribution in [2.45, 2.75) is 24.6 Å². The summed E-state index contributed by atoms with van der Waals surface area (Å²) < 4.78 is 18.1. The zero-order valence-electron chi connectivity index (χ0n) is 13.4. The molecule has 3 rings (SSSR count). The lowest BCUT2D eigenvalue weighted by Crippen LogP contribution is -2.05. The highest BCUT2D eigenvalue weighted by Gasteiger charge is 2.14. The van der Waals surface area contributed by atoms with E-state index < -0.39 is 10.8 Å². The van der Waals surface area contributed by atoms with E-state index in [0.29, 0.717) is 10.8 Å². The molecule has 1 aromatic carbocycles. The van der Waals surface area contributed by atoms with Gasteiger partial charge < -0.3 is 4.74 Å². The van der Waals surface area contributed by atoms with E-state index in [1.54, 1.807) is 13.3 Å². The summed E-state index contributed by atoms with van der Waals surface area (Å²) in [5, 5.41) is 1.61. The molecule has 4 nitrogen and oxygen atoms in total. The maximum absolute atomic E-state index is 12.7. The molecule has 1 unspecified atom stereocenters. The van der Waals surface area contributed by atoms with Gasteiger partial charge in [-0.05, 0) is 26.0 Å². The Morgan fingerprint density at radius 1 is 1.13 bits per heavy atom. The van der Waals surface area contributed by atoms with Crippen molar-refractivity contribution in [1.82, 2.24) is 9.97 Å². The van der Waals surface area contributed by atoms with Gasteiger partial charge in [-0.25, -0.2) is 4.98 Å². The molecule has 2 heterocycles. The molecule has 5 heteroatoms. The summed E-state index contributed by atoms with van der Waals surface area (Å²) in [5.74, 6) is 1.13. The van der Waals surface area contributed by atoms with E-state index in [2.05, 4.69) is 9.97 Å². The summed E-state index contributed by atoms with van der Waals surface area (Å²) in [7, 11) is 0.393. The van der Waals surface area contributed by atoms with Crippen LogP contribution in [0.1, 0.15) is 16.8 Å². The van der Waals surface area contributed by atoms with Gasteiger partial charge in [0.2, 0.25) is 0 Å². The first kappa shape index (κ1) is 15.6. The summed E-state index contributed by atoms with van der Waals surface area (Å²) in [4.78, 5) is 8.92. The van der Waals surface area contributed by atoms with Crippen LogP contribution in [0.15, 0.2) is 47.6 Å². The normalized spacial score (nSPS) is 12.3. The third-order valence-corrected chi connectivity index (χ3v) is 5.05. The highest BCUT2D eigenvalue weighted by molar-refractivity contribution is 7.84. The molecular formula is C18H18N2O2S. The zero-order valence-corrected chi connectivity index (χ0v) is 14.2. The quantitative estimate of drug-likeness (QED) is 0.735. The molecule has 0 aliphatic carbocycles. The lowest BCUT2D eigenvalue weighted by atomic mass is 10.1. The monoisotopic (exact) mass is 326 g/mol. The minimum atomic E-state index is -1.25. The van der Waals surface area contributed by atoms with Gasteiger partial charge in [-0.1, -0.05) is 24.3 Å². The van der Waals surface area contributed by atoms with Crippen molar-refractivity contribution in [2.75, 3.05) is 7.11 Å². The van der Waals surface area contributed by atoms with E-state index in [4.69, 9.17) is 4.74 Å². The number of nitrogens with zero attached hydrogens (tertiary/aromatic N) is 2. The number of para-hydroxylation sites is 1. The average molecular weight is 326 g/mol. The van der Waals surface area contributed by atoms with Gasteiger partial charge in [0.05, 0.1) is 34.9 Å². The number of methoxy groups -OCH3 is 1. The number of aromatic nitrogens is 2. The molecule has 0 fully saturated rings. The van der Waals surface area contributed by atoms with Gasteiger partial charge in [0.15, 0.2) is 0 Å². The highest BCUT2D eigenvalue weighted by Crippen LogP contribution is 2.25. The van der Waals surface area contributed by atoms with Crippen LogP contribution in [0.4, 0.5) is 0 Å². The SMILES string of the molecule is COc1c(C)cnc(CS(=O)c2ccc3ccccc3n2)c1C. The minimum absolute atomic E-state index is 0.327. The number of ether oxygens (including phenoxy) is 1. The van der Waals surface area contributed by atoms with E-state index in [1.807, 2.05) is 50.2 Å². The largest absolute Gasteiger partial charge is 0.496 e. The molecule has 0 radical (unpaired) electrons. The van der Waals surface area contributed by atoms with Crippen molar-refractivity contribution in [3.05, 3.63) is 59.4 Å². The van der Waals surface area contributed by atoms with Crippen molar-refractivity contribution < 1.29 is 8.95 Å². The summed E-state index contributed by atoms with van der Waals surface area (Å²) in [6.07, 6.45) is 1.76. The van der Waals surface area contributed by atoms with Gasteiger partial charge in [-0.3, -0.25) is 9.19 Å². The summed E-state index contributed by atoms with van der Waals surface area (Å²) in [6.45, 7) is 3.89. The standard InChI is InChI=1S/C18H18N2O2S/c1-12-10-19-16(13(2)18(12)22-3)11-23(21)17-9-8-14-6-4-5-7-15(14)20-17/h4-10H,11H2,1-3H3. The van der Waals surface area contributed by atoms with Crippen LogP contribution in [-0.2, 0) is 16.6 Å². The number of benzene rings is 1. The molecule has 0 N–H and O–H groups in total. The maximum Gasteiger partial charge on any atom is 0.128 e. The van der Waals surface area contributed by atoms with Crippen LogP contribution in [0, 0.1) is 13.8 Å². The van der Waals surface area contributed by atoms with Crippen LogP contribution in [-0.4, -0.2) is 21.3 Å². The van der Waals surface area contributed by atoms with Crippen LogP contribution in [0.2, 0.25) is 0 Å². The van der Waals surface area contributed by atoms with Gasteiger partial charge in [-0.2, -0.15) is 0 Å². The predicted molar refractivity (Wildman–Crippen MR) is 92.1 cm³/mol. The molecule has 0 aliphatic rings. The Hall–Kier alpha value is -2.27. The van der Waals surface area contributed by atoms with Gasteiger partial charge in [0.25, 0.3) is 0 Å². The maximum atomic E-state index is 12.7. The third kappa shape index (κ3) is 3.10. The number of hydrogen-bond donors (Lipinski definition) is 0. The highest BCUT2D eigenvalue weighted by atomic mass is 32.2. The average Bonchev–Trinajstić information content (AvgIpc) is 2.57. The van der Waals surface area contributed by atoms with Crippen molar-refractivity contribution in [3.63, 3.8) is 0 Å². The molecule has 2 aromatic heterocycles. The van der Waals surface area contributed by atoms with Crippen LogP contribution >= 0.6 is 0 Å².